The summed E-state index contributed by atoms with van der Waals surface area (Å²) in [6, 6.07) is 7.69. The molecule has 0 aliphatic rings. The van der Waals surface area contributed by atoms with Gasteiger partial charge in [0.05, 0.1) is 0 Å². The SMILES string of the molecule is CCCCCc1cccc(OC=O)c1. The van der Waals surface area contributed by atoms with Crippen molar-refractivity contribution >= 4 is 6.47 Å². The number of benzene rings is 1. The average Bonchev–Trinajstić information content (AvgIpc) is 2.19. The fraction of sp³-hybridized carbons (Fsp3) is 0.417. The van der Waals surface area contributed by atoms with E-state index >= 15 is 0 Å². The normalized spacial score (nSPS) is 9.79. The molecule has 14 heavy (non-hydrogen) atoms. The summed E-state index contributed by atoms with van der Waals surface area (Å²) < 4.78 is 4.77. The smallest absolute Gasteiger partial charge is 0.298 e. The molecule has 0 fully saturated rings. The fourth-order valence-corrected chi connectivity index (χ4v) is 1.41. The standard InChI is InChI=1S/C12H16O2/c1-2-3-4-6-11-7-5-8-12(9-11)14-10-13/h5,7-10H,2-4,6H2,1H3. The van der Waals surface area contributed by atoms with E-state index in [0.717, 1.165) is 6.42 Å². The molecule has 0 aliphatic carbocycles. The lowest BCUT2D eigenvalue weighted by Crippen LogP contribution is -1.90. The highest BCUT2D eigenvalue weighted by atomic mass is 16.5. The molecule has 2 heteroatoms. The Hall–Kier alpha value is -1.31. The minimum Gasteiger partial charge on any atom is -0.429 e. The largest absolute Gasteiger partial charge is 0.429 e. The summed E-state index contributed by atoms with van der Waals surface area (Å²) in [4.78, 5) is 10.1. The Kier molecular flexibility index (Phi) is 4.76. The summed E-state index contributed by atoms with van der Waals surface area (Å²) in [5.41, 5.74) is 1.23. The molecule has 0 saturated carbocycles. The van der Waals surface area contributed by atoms with Gasteiger partial charge in [-0.05, 0) is 30.5 Å². The van der Waals surface area contributed by atoms with Crippen LogP contribution >= 0.6 is 0 Å². The topological polar surface area (TPSA) is 26.3 Å². The van der Waals surface area contributed by atoms with E-state index < -0.39 is 0 Å². The Bertz CT molecular complexity index is 281. The molecule has 76 valence electrons. The van der Waals surface area contributed by atoms with Crippen molar-refractivity contribution in [2.45, 2.75) is 32.6 Å². The van der Waals surface area contributed by atoms with Crippen LogP contribution in [-0.4, -0.2) is 6.47 Å². The molecule has 0 saturated heterocycles. The van der Waals surface area contributed by atoms with Crippen LogP contribution in [0.5, 0.6) is 5.75 Å². The highest BCUT2D eigenvalue weighted by Crippen LogP contribution is 2.14. The van der Waals surface area contributed by atoms with Crippen molar-refractivity contribution in [3.8, 4) is 5.75 Å². The summed E-state index contributed by atoms with van der Waals surface area (Å²) in [6.07, 6.45) is 4.73. The van der Waals surface area contributed by atoms with Gasteiger partial charge in [0.15, 0.2) is 0 Å². The number of hydrogen-bond acceptors (Lipinski definition) is 2. The Labute approximate surface area is 84.9 Å². The number of rotatable bonds is 6. The quantitative estimate of drug-likeness (QED) is 0.511. The molecule has 0 heterocycles. The van der Waals surface area contributed by atoms with Gasteiger partial charge >= 0.3 is 0 Å². The first-order valence-corrected chi connectivity index (χ1v) is 5.06. The Morgan fingerprint density at radius 3 is 2.93 bits per heavy atom. The Morgan fingerprint density at radius 1 is 1.36 bits per heavy atom. The monoisotopic (exact) mass is 192 g/mol. The van der Waals surface area contributed by atoms with Gasteiger partial charge in [0.1, 0.15) is 5.75 Å². The van der Waals surface area contributed by atoms with Crippen molar-refractivity contribution in [3.05, 3.63) is 29.8 Å². The van der Waals surface area contributed by atoms with Gasteiger partial charge in [0.25, 0.3) is 6.47 Å². The summed E-state index contributed by atoms with van der Waals surface area (Å²) >= 11 is 0. The third-order valence-electron chi connectivity index (χ3n) is 2.15. The van der Waals surface area contributed by atoms with Crippen LogP contribution in [0.25, 0.3) is 0 Å². The van der Waals surface area contributed by atoms with Crippen LogP contribution in [0.1, 0.15) is 31.7 Å². The predicted octanol–water partition coefficient (Wildman–Crippen LogP) is 2.95. The number of aryl methyl sites for hydroxylation is 1. The molecule has 0 amide bonds. The zero-order valence-electron chi connectivity index (χ0n) is 8.53. The Morgan fingerprint density at radius 2 is 2.21 bits per heavy atom. The average molecular weight is 192 g/mol. The van der Waals surface area contributed by atoms with Crippen LogP contribution in [0, 0.1) is 0 Å². The van der Waals surface area contributed by atoms with Crippen LogP contribution in [0.3, 0.4) is 0 Å². The van der Waals surface area contributed by atoms with E-state index in [9.17, 15) is 4.79 Å². The molecule has 0 N–H and O–H groups in total. The minimum absolute atomic E-state index is 0.463. The van der Waals surface area contributed by atoms with Crippen LogP contribution in [0.2, 0.25) is 0 Å². The zero-order chi connectivity index (χ0) is 10.2. The van der Waals surface area contributed by atoms with E-state index in [-0.39, 0.29) is 0 Å². The molecule has 0 aliphatic heterocycles. The molecule has 1 rings (SSSR count). The maximum atomic E-state index is 10.1. The lowest BCUT2D eigenvalue weighted by molar-refractivity contribution is -0.120. The molecule has 0 atom stereocenters. The van der Waals surface area contributed by atoms with E-state index in [0.29, 0.717) is 12.2 Å². The van der Waals surface area contributed by atoms with Crippen molar-refractivity contribution in [2.24, 2.45) is 0 Å². The summed E-state index contributed by atoms with van der Waals surface area (Å²) in [6.45, 7) is 2.65. The van der Waals surface area contributed by atoms with Crippen LogP contribution in [0.4, 0.5) is 0 Å². The van der Waals surface area contributed by atoms with Gasteiger partial charge in [-0.25, -0.2) is 0 Å². The number of ether oxygens (including phenoxy) is 1. The van der Waals surface area contributed by atoms with Gasteiger partial charge in [-0.3, -0.25) is 4.79 Å². The summed E-state index contributed by atoms with van der Waals surface area (Å²) in [5.74, 6) is 0.633. The number of unbranched alkanes of at least 4 members (excludes halogenated alkanes) is 2. The molecule has 2 nitrogen and oxygen atoms in total. The first kappa shape index (κ1) is 10.8. The van der Waals surface area contributed by atoms with Crippen LogP contribution in [0.15, 0.2) is 24.3 Å². The van der Waals surface area contributed by atoms with Crippen molar-refractivity contribution in [3.63, 3.8) is 0 Å². The molecular formula is C12H16O2. The Balaban J connectivity index is 2.50. The number of hydrogen-bond donors (Lipinski definition) is 0. The third kappa shape index (κ3) is 3.60. The lowest BCUT2D eigenvalue weighted by Gasteiger charge is -2.02. The van der Waals surface area contributed by atoms with Gasteiger partial charge in [-0.1, -0.05) is 31.9 Å². The predicted molar refractivity (Wildman–Crippen MR) is 56.4 cm³/mol. The van der Waals surface area contributed by atoms with Crippen molar-refractivity contribution in [1.29, 1.82) is 0 Å². The van der Waals surface area contributed by atoms with Crippen molar-refractivity contribution in [1.82, 2.24) is 0 Å². The van der Waals surface area contributed by atoms with E-state index in [1.165, 1.54) is 24.8 Å². The molecule has 0 spiro atoms. The van der Waals surface area contributed by atoms with Gasteiger partial charge in [-0.2, -0.15) is 0 Å². The van der Waals surface area contributed by atoms with E-state index in [2.05, 4.69) is 13.0 Å². The van der Waals surface area contributed by atoms with Crippen LogP contribution < -0.4 is 4.74 Å². The molecule has 1 aromatic rings. The minimum atomic E-state index is 0.463. The molecule has 0 unspecified atom stereocenters. The highest BCUT2D eigenvalue weighted by molar-refractivity contribution is 5.45. The van der Waals surface area contributed by atoms with E-state index in [1.54, 1.807) is 6.07 Å². The number of carbonyl (C=O) groups excluding carboxylic acids is 1. The molecule has 0 radical (unpaired) electrons. The van der Waals surface area contributed by atoms with Gasteiger partial charge in [0.2, 0.25) is 0 Å². The molecule has 0 aromatic heterocycles. The van der Waals surface area contributed by atoms with Gasteiger partial charge in [0, 0.05) is 0 Å². The summed E-state index contributed by atoms with van der Waals surface area (Å²) in [5, 5.41) is 0. The first-order chi connectivity index (χ1) is 6.86. The summed E-state index contributed by atoms with van der Waals surface area (Å²) in [7, 11) is 0. The number of carbonyl (C=O) groups is 1. The highest BCUT2D eigenvalue weighted by Gasteiger charge is 1.96. The van der Waals surface area contributed by atoms with Gasteiger partial charge < -0.3 is 4.74 Å². The van der Waals surface area contributed by atoms with Crippen molar-refractivity contribution in [2.75, 3.05) is 0 Å². The second-order valence-corrected chi connectivity index (χ2v) is 3.32. The van der Waals surface area contributed by atoms with Crippen LogP contribution in [-0.2, 0) is 11.2 Å². The maximum absolute atomic E-state index is 10.1. The fourth-order valence-electron chi connectivity index (χ4n) is 1.41. The van der Waals surface area contributed by atoms with Gasteiger partial charge in [-0.15, -0.1) is 0 Å². The lowest BCUT2D eigenvalue weighted by atomic mass is 10.1. The van der Waals surface area contributed by atoms with E-state index in [4.69, 9.17) is 4.74 Å². The molecular weight excluding hydrogens is 176 g/mol. The third-order valence-corrected chi connectivity index (χ3v) is 2.15. The molecule has 0 bridgehead atoms. The van der Waals surface area contributed by atoms with E-state index in [1.807, 2.05) is 12.1 Å². The first-order valence-electron chi connectivity index (χ1n) is 5.06. The zero-order valence-corrected chi connectivity index (χ0v) is 8.53. The maximum Gasteiger partial charge on any atom is 0.298 e. The second-order valence-electron chi connectivity index (χ2n) is 3.32. The molecule has 1 aromatic carbocycles. The second kappa shape index (κ2) is 6.19. The van der Waals surface area contributed by atoms with Crippen molar-refractivity contribution < 1.29 is 9.53 Å².